The molecule has 0 N–H and O–H groups in total. The topological polar surface area (TPSA) is 90.7 Å². The number of benzene rings is 1. The number of hydrogen-bond acceptors (Lipinski definition) is 7. The number of ether oxygens (including phenoxy) is 2. The highest BCUT2D eigenvalue weighted by Crippen LogP contribution is 2.20. The van der Waals surface area contributed by atoms with Crippen molar-refractivity contribution in [1.29, 1.82) is 0 Å². The molecule has 1 aromatic carbocycles. The predicted molar refractivity (Wildman–Crippen MR) is 103 cm³/mol. The minimum absolute atomic E-state index is 0.0823. The van der Waals surface area contributed by atoms with E-state index in [4.69, 9.17) is 9.47 Å². The second-order valence-corrected chi connectivity index (χ2v) is 6.94. The molecule has 0 saturated carbocycles. The van der Waals surface area contributed by atoms with Gasteiger partial charge in [-0.1, -0.05) is 11.8 Å². The molecule has 9 heteroatoms. The quantitative estimate of drug-likeness (QED) is 0.290. The standard InChI is InChI=1S/C18H23N3O5S/c1-20(2)15(22)11-27-18-19-14-10-12(17(24)26-4)6-7-13(14)16(23)21(18)8-5-9-25-3/h6-7,10H,5,8-9,11H2,1-4H3. The first-order valence-electron chi connectivity index (χ1n) is 8.33. The molecule has 0 bridgehead atoms. The lowest BCUT2D eigenvalue weighted by atomic mass is 10.1. The smallest absolute Gasteiger partial charge is 0.337 e. The number of amides is 1. The van der Waals surface area contributed by atoms with E-state index in [1.165, 1.54) is 29.8 Å². The van der Waals surface area contributed by atoms with Crippen LogP contribution in [0.25, 0.3) is 10.9 Å². The summed E-state index contributed by atoms with van der Waals surface area (Å²) in [6.07, 6.45) is 0.638. The molecule has 0 atom stereocenters. The zero-order valence-electron chi connectivity index (χ0n) is 15.9. The molecule has 0 saturated heterocycles. The first-order valence-corrected chi connectivity index (χ1v) is 9.32. The lowest BCUT2D eigenvalue weighted by molar-refractivity contribution is -0.125. The Hall–Kier alpha value is -2.39. The molecular formula is C18H23N3O5S. The Morgan fingerprint density at radius 2 is 2.00 bits per heavy atom. The third kappa shape index (κ3) is 5.08. The number of fused-ring (bicyclic) bond motifs is 1. The number of methoxy groups -OCH3 is 2. The average molecular weight is 393 g/mol. The fourth-order valence-electron chi connectivity index (χ4n) is 2.38. The van der Waals surface area contributed by atoms with Crippen molar-refractivity contribution in [3.63, 3.8) is 0 Å². The van der Waals surface area contributed by atoms with E-state index in [0.717, 1.165) is 0 Å². The summed E-state index contributed by atoms with van der Waals surface area (Å²) in [6, 6.07) is 4.64. The molecule has 1 aromatic heterocycles. The molecule has 0 fully saturated rings. The van der Waals surface area contributed by atoms with Gasteiger partial charge in [-0.05, 0) is 24.6 Å². The van der Waals surface area contributed by atoms with Crippen molar-refractivity contribution in [2.45, 2.75) is 18.1 Å². The summed E-state index contributed by atoms with van der Waals surface area (Å²) in [5.41, 5.74) is 0.493. The molecule has 0 radical (unpaired) electrons. The number of esters is 1. The van der Waals surface area contributed by atoms with Crippen LogP contribution in [0.5, 0.6) is 0 Å². The van der Waals surface area contributed by atoms with Gasteiger partial charge in [0.05, 0.1) is 29.3 Å². The van der Waals surface area contributed by atoms with Crippen LogP contribution in [0.3, 0.4) is 0 Å². The van der Waals surface area contributed by atoms with Crippen LogP contribution in [0.1, 0.15) is 16.8 Å². The number of carbonyl (C=O) groups is 2. The maximum atomic E-state index is 12.9. The first kappa shape index (κ1) is 20.9. The van der Waals surface area contributed by atoms with Gasteiger partial charge >= 0.3 is 5.97 Å². The Labute approximate surface area is 161 Å². The van der Waals surface area contributed by atoms with Gasteiger partial charge in [0, 0.05) is 34.4 Å². The highest BCUT2D eigenvalue weighted by molar-refractivity contribution is 7.99. The van der Waals surface area contributed by atoms with Crippen molar-refractivity contribution in [2.24, 2.45) is 0 Å². The molecule has 0 aliphatic rings. The van der Waals surface area contributed by atoms with E-state index in [2.05, 4.69) is 4.98 Å². The fourth-order valence-corrected chi connectivity index (χ4v) is 3.38. The van der Waals surface area contributed by atoms with Crippen molar-refractivity contribution in [3.8, 4) is 0 Å². The van der Waals surface area contributed by atoms with Crippen LogP contribution in [-0.4, -0.2) is 67.0 Å². The van der Waals surface area contributed by atoms with Gasteiger partial charge in [-0.25, -0.2) is 9.78 Å². The van der Waals surface area contributed by atoms with Crippen molar-refractivity contribution in [2.75, 3.05) is 40.7 Å². The highest BCUT2D eigenvalue weighted by Gasteiger charge is 2.16. The summed E-state index contributed by atoms with van der Waals surface area (Å²) in [5, 5.41) is 0.837. The van der Waals surface area contributed by atoms with E-state index >= 15 is 0 Å². The second-order valence-electron chi connectivity index (χ2n) is 6.00. The number of thioether (sulfide) groups is 1. The number of hydrogen-bond donors (Lipinski definition) is 0. The Morgan fingerprint density at radius 3 is 2.63 bits per heavy atom. The maximum Gasteiger partial charge on any atom is 0.337 e. The third-order valence-electron chi connectivity index (χ3n) is 3.90. The molecule has 2 rings (SSSR count). The van der Waals surface area contributed by atoms with Crippen molar-refractivity contribution >= 4 is 34.5 Å². The molecule has 8 nitrogen and oxygen atoms in total. The van der Waals surface area contributed by atoms with Crippen LogP contribution >= 0.6 is 11.8 Å². The molecule has 0 unspecified atom stereocenters. The second kappa shape index (κ2) is 9.52. The zero-order chi connectivity index (χ0) is 20.0. The van der Waals surface area contributed by atoms with Crippen LogP contribution in [0, 0.1) is 0 Å². The lowest BCUT2D eigenvalue weighted by Gasteiger charge is -2.14. The Morgan fingerprint density at radius 1 is 1.26 bits per heavy atom. The summed E-state index contributed by atoms with van der Waals surface area (Å²) < 4.78 is 11.3. The van der Waals surface area contributed by atoms with Crippen molar-refractivity contribution in [1.82, 2.24) is 14.5 Å². The van der Waals surface area contributed by atoms with Crippen molar-refractivity contribution < 1.29 is 19.1 Å². The molecular weight excluding hydrogens is 370 g/mol. The van der Waals surface area contributed by atoms with E-state index in [1.807, 2.05) is 0 Å². The minimum Gasteiger partial charge on any atom is -0.465 e. The van der Waals surface area contributed by atoms with Gasteiger partial charge in [0.25, 0.3) is 5.56 Å². The van der Waals surface area contributed by atoms with Gasteiger partial charge in [-0.2, -0.15) is 0 Å². The third-order valence-corrected chi connectivity index (χ3v) is 4.86. The van der Waals surface area contributed by atoms with Gasteiger partial charge in [0.1, 0.15) is 0 Å². The monoisotopic (exact) mass is 393 g/mol. The fraction of sp³-hybridized carbons (Fsp3) is 0.444. The van der Waals surface area contributed by atoms with Crippen LogP contribution < -0.4 is 5.56 Å². The zero-order valence-corrected chi connectivity index (χ0v) is 16.7. The number of nitrogens with zero attached hydrogens (tertiary/aromatic N) is 3. The summed E-state index contributed by atoms with van der Waals surface area (Å²) >= 11 is 1.19. The van der Waals surface area contributed by atoms with Gasteiger partial charge < -0.3 is 14.4 Å². The van der Waals surface area contributed by atoms with E-state index in [0.29, 0.717) is 41.2 Å². The van der Waals surface area contributed by atoms with Gasteiger partial charge in [-0.15, -0.1) is 0 Å². The SMILES string of the molecule is COCCCn1c(SCC(=O)N(C)C)nc2cc(C(=O)OC)ccc2c1=O. The summed E-state index contributed by atoms with van der Waals surface area (Å²) in [4.78, 5) is 42.6. The lowest BCUT2D eigenvalue weighted by Crippen LogP contribution is -2.26. The molecule has 0 spiro atoms. The number of carbonyl (C=O) groups excluding carboxylic acids is 2. The predicted octanol–water partition coefficient (Wildman–Crippen LogP) is 1.40. The number of rotatable bonds is 8. The summed E-state index contributed by atoms with van der Waals surface area (Å²) in [7, 11) is 6.24. The van der Waals surface area contributed by atoms with Gasteiger partial charge in [0.15, 0.2) is 5.16 Å². The van der Waals surface area contributed by atoms with Crippen LogP contribution in [0.4, 0.5) is 0 Å². The molecule has 1 heterocycles. The molecule has 0 aliphatic heterocycles. The largest absolute Gasteiger partial charge is 0.465 e. The Bertz CT molecular complexity index is 894. The Balaban J connectivity index is 2.49. The van der Waals surface area contributed by atoms with Crippen molar-refractivity contribution in [3.05, 3.63) is 34.1 Å². The van der Waals surface area contributed by atoms with Gasteiger partial charge in [-0.3, -0.25) is 14.2 Å². The van der Waals surface area contributed by atoms with Crippen LogP contribution in [0.2, 0.25) is 0 Å². The molecule has 0 aliphatic carbocycles. The maximum absolute atomic E-state index is 12.9. The van der Waals surface area contributed by atoms with Crippen LogP contribution in [-0.2, 0) is 20.8 Å². The normalized spacial score (nSPS) is 10.8. The average Bonchev–Trinajstić information content (AvgIpc) is 2.66. The summed E-state index contributed by atoms with van der Waals surface area (Å²) in [6.45, 7) is 0.930. The summed E-state index contributed by atoms with van der Waals surface area (Å²) in [5.74, 6) is -0.424. The first-order chi connectivity index (χ1) is 12.9. The highest BCUT2D eigenvalue weighted by atomic mass is 32.2. The molecule has 2 aromatic rings. The molecule has 146 valence electrons. The van der Waals surface area contributed by atoms with E-state index < -0.39 is 5.97 Å². The Kier molecular flexibility index (Phi) is 7.37. The minimum atomic E-state index is -0.500. The van der Waals surface area contributed by atoms with E-state index in [1.54, 1.807) is 37.9 Å². The van der Waals surface area contributed by atoms with E-state index in [9.17, 15) is 14.4 Å². The molecule has 1 amide bonds. The van der Waals surface area contributed by atoms with E-state index in [-0.39, 0.29) is 17.2 Å². The molecule has 27 heavy (non-hydrogen) atoms. The number of aromatic nitrogens is 2. The van der Waals surface area contributed by atoms with Gasteiger partial charge in [0.2, 0.25) is 5.91 Å². The van der Waals surface area contributed by atoms with Crippen LogP contribution in [0.15, 0.2) is 28.2 Å².